The van der Waals surface area contributed by atoms with Crippen LogP contribution in [-0.4, -0.2) is 44.5 Å². The van der Waals surface area contributed by atoms with Crippen LogP contribution in [0.4, 0.5) is 10.2 Å². The molecule has 1 aromatic carbocycles. The highest BCUT2D eigenvalue weighted by Gasteiger charge is 2.32. The smallest absolute Gasteiger partial charge is 0.214 e. The standard InChI is InChI=1S/C19H16FN5O4/c1-9(24-27)17(26)11-4-15-19(25-8-22-23-18(11)25)21-5-12-13(20)2-3-14-16(12)10(6-28-14)7-29-15/h2-4,8,10,21,27H,5-7H2,1H3/b24-9-/t10-/m1/s1. The van der Waals surface area contributed by atoms with E-state index in [2.05, 4.69) is 20.7 Å². The molecule has 148 valence electrons. The fourth-order valence-electron chi connectivity index (χ4n) is 3.79. The number of fused-ring (bicyclic) bond motifs is 3. The molecule has 2 aliphatic rings. The van der Waals surface area contributed by atoms with Gasteiger partial charge in [0.1, 0.15) is 23.6 Å². The van der Waals surface area contributed by atoms with Crippen LogP contribution < -0.4 is 14.8 Å². The number of hydrogen-bond acceptors (Lipinski definition) is 8. The van der Waals surface area contributed by atoms with Crippen LogP contribution in [0.3, 0.4) is 0 Å². The number of benzene rings is 1. The van der Waals surface area contributed by atoms with E-state index in [0.717, 1.165) is 5.56 Å². The Morgan fingerprint density at radius 2 is 2.14 bits per heavy atom. The summed E-state index contributed by atoms with van der Waals surface area (Å²) >= 11 is 0. The third-order valence-electron chi connectivity index (χ3n) is 5.24. The quantitative estimate of drug-likeness (QED) is 0.296. The largest absolute Gasteiger partial charge is 0.493 e. The summed E-state index contributed by atoms with van der Waals surface area (Å²) in [5, 5.41) is 23.0. The average Bonchev–Trinajstić information content (AvgIpc) is 3.38. The van der Waals surface area contributed by atoms with Crippen molar-refractivity contribution in [1.29, 1.82) is 0 Å². The first kappa shape index (κ1) is 17.4. The van der Waals surface area contributed by atoms with Crippen LogP contribution in [0.5, 0.6) is 11.5 Å². The highest BCUT2D eigenvalue weighted by molar-refractivity contribution is 6.46. The van der Waals surface area contributed by atoms with Crippen molar-refractivity contribution in [2.75, 3.05) is 18.5 Å². The van der Waals surface area contributed by atoms with Gasteiger partial charge in [0.05, 0.1) is 24.7 Å². The van der Waals surface area contributed by atoms with Crippen LogP contribution in [0.2, 0.25) is 0 Å². The number of Topliss-reactive ketones (excluding diaryl/α,β-unsaturated/α-hetero) is 1. The van der Waals surface area contributed by atoms with E-state index in [1.807, 2.05) is 0 Å². The highest BCUT2D eigenvalue weighted by atomic mass is 19.1. The Morgan fingerprint density at radius 3 is 2.93 bits per heavy atom. The lowest BCUT2D eigenvalue weighted by atomic mass is 9.96. The molecule has 0 amide bonds. The molecular weight excluding hydrogens is 381 g/mol. The normalized spacial score (nSPS) is 17.9. The molecule has 2 aromatic heterocycles. The number of nitrogens with one attached hydrogen (secondary N) is 1. The zero-order valence-electron chi connectivity index (χ0n) is 15.3. The van der Waals surface area contributed by atoms with Crippen molar-refractivity contribution in [3.63, 3.8) is 0 Å². The van der Waals surface area contributed by atoms with E-state index in [1.54, 1.807) is 10.5 Å². The predicted molar refractivity (Wildman–Crippen MR) is 99.7 cm³/mol. The third kappa shape index (κ3) is 2.59. The van der Waals surface area contributed by atoms with Gasteiger partial charge in [0, 0.05) is 17.7 Å². The van der Waals surface area contributed by atoms with E-state index in [1.165, 1.54) is 25.4 Å². The van der Waals surface area contributed by atoms with Crippen LogP contribution in [0.15, 0.2) is 29.7 Å². The fourth-order valence-corrected chi connectivity index (χ4v) is 3.79. The highest BCUT2D eigenvalue weighted by Crippen LogP contribution is 2.40. The molecule has 9 nitrogen and oxygen atoms in total. The molecule has 3 aromatic rings. The zero-order chi connectivity index (χ0) is 20.1. The first-order chi connectivity index (χ1) is 14.1. The molecular formula is C19H16FN5O4. The first-order valence-electron chi connectivity index (χ1n) is 8.99. The lowest BCUT2D eigenvalue weighted by Gasteiger charge is -2.16. The Kier molecular flexibility index (Phi) is 3.86. The number of rotatable bonds is 2. The van der Waals surface area contributed by atoms with E-state index in [0.29, 0.717) is 29.5 Å². The lowest BCUT2D eigenvalue weighted by Crippen LogP contribution is -2.16. The van der Waals surface area contributed by atoms with Crippen molar-refractivity contribution >= 4 is 23.0 Å². The minimum atomic E-state index is -0.502. The third-order valence-corrected chi connectivity index (χ3v) is 5.24. The molecule has 0 radical (unpaired) electrons. The Bertz CT molecular complexity index is 1190. The number of oxime groups is 1. The zero-order valence-corrected chi connectivity index (χ0v) is 15.3. The predicted octanol–water partition coefficient (Wildman–Crippen LogP) is 2.38. The number of aromatic nitrogens is 3. The summed E-state index contributed by atoms with van der Waals surface area (Å²) in [6, 6.07) is 4.56. The van der Waals surface area contributed by atoms with Gasteiger partial charge in [-0.1, -0.05) is 5.16 Å². The monoisotopic (exact) mass is 397 g/mol. The second-order valence-electron chi connectivity index (χ2n) is 6.92. The number of ketones is 1. The molecule has 2 N–H and O–H groups in total. The molecule has 10 heteroatoms. The van der Waals surface area contributed by atoms with Crippen LogP contribution in [-0.2, 0) is 6.54 Å². The average molecular weight is 397 g/mol. The van der Waals surface area contributed by atoms with Crippen molar-refractivity contribution in [3.8, 4) is 11.5 Å². The number of halogens is 1. The van der Waals surface area contributed by atoms with Gasteiger partial charge in [0.15, 0.2) is 17.2 Å². The summed E-state index contributed by atoms with van der Waals surface area (Å²) < 4.78 is 27.9. The minimum Gasteiger partial charge on any atom is -0.493 e. The first-order valence-corrected chi connectivity index (χ1v) is 8.99. The van der Waals surface area contributed by atoms with E-state index < -0.39 is 5.78 Å². The molecule has 0 saturated carbocycles. The van der Waals surface area contributed by atoms with Crippen LogP contribution >= 0.6 is 0 Å². The Morgan fingerprint density at radius 1 is 1.34 bits per heavy atom. The molecule has 0 unspecified atom stereocenters. The van der Waals surface area contributed by atoms with E-state index in [4.69, 9.17) is 14.7 Å². The second kappa shape index (κ2) is 6.43. The molecule has 0 aliphatic carbocycles. The van der Waals surface area contributed by atoms with Crippen molar-refractivity contribution < 1.29 is 23.9 Å². The van der Waals surface area contributed by atoms with Gasteiger partial charge in [0.25, 0.3) is 0 Å². The number of hydrogen-bond donors (Lipinski definition) is 2. The fraction of sp³-hybridized carbons (Fsp3) is 0.263. The number of carbonyl (C=O) groups excluding carboxylic acids is 1. The van der Waals surface area contributed by atoms with Crippen molar-refractivity contribution in [1.82, 2.24) is 14.6 Å². The summed E-state index contributed by atoms with van der Waals surface area (Å²) in [6.07, 6.45) is 1.44. The summed E-state index contributed by atoms with van der Waals surface area (Å²) in [5.74, 6) is 0.572. The lowest BCUT2D eigenvalue weighted by molar-refractivity contribution is 0.106. The second-order valence-corrected chi connectivity index (χ2v) is 6.92. The molecule has 2 aliphatic heterocycles. The topological polar surface area (TPSA) is 110 Å². The van der Waals surface area contributed by atoms with Gasteiger partial charge in [-0.15, -0.1) is 10.2 Å². The van der Waals surface area contributed by atoms with Crippen LogP contribution in [0.1, 0.15) is 34.3 Å². The molecule has 4 heterocycles. The van der Waals surface area contributed by atoms with Crippen LogP contribution in [0.25, 0.3) is 5.65 Å². The Hall–Kier alpha value is -3.69. The number of nitrogens with zero attached hydrogens (tertiary/aromatic N) is 4. The molecule has 0 spiro atoms. The van der Waals surface area contributed by atoms with Gasteiger partial charge >= 0.3 is 0 Å². The Labute approximate surface area is 163 Å². The summed E-state index contributed by atoms with van der Waals surface area (Å²) in [7, 11) is 0. The summed E-state index contributed by atoms with van der Waals surface area (Å²) in [4.78, 5) is 12.6. The maximum absolute atomic E-state index is 14.6. The van der Waals surface area contributed by atoms with E-state index in [9.17, 15) is 9.18 Å². The molecule has 0 bridgehead atoms. The van der Waals surface area contributed by atoms with Crippen molar-refractivity contribution in [3.05, 3.63) is 47.0 Å². The SMILES string of the molecule is C/C(=N/O)C(=O)c1cc2c(n3cnnc13)NCc1c(F)ccc3c1[C@H](CO3)CO2. The Balaban J connectivity index is 1.66. The van der Waals surface area contributed by atoms with E-state index in [-0.39, 0.29) is 41.8 Å². The van der Waals surface area contributed by atoms with Gasteiger partial charge in [-0.3, -0.25) is 9.20 Å². The molecule has 0 saturated heterocycles. The number of carbonyl (C=O) groups is 1. The van der Waals surface area contributed by atoms with Crippen LogP contribution in [0, 0.1) is 5.82 Å². The number of ether oxygens (including phenoxy) is 2. The van der Waals surface area contributed by atoms with Gasteiger partial charge in [-0.2, -0.15) is 0 Å². The van der Waals surface area contributed by atoms with Gasteiger partial charge < -0.3 is 20.0 Å². The van der Waals surface area contributed by atoms with Crippen molar-refractivity contribution in [2.45, 2.75) is 19.4 Å². The molecule has 0 fully saturated rings. The molecule has 5 rings (SSSR count). The summed E-state index contributed by atoms with van der Waals surface area (Å²) in [5.41, 5.74) is 1.68. The maximum atomic E-state index is 14.6. The van der Waals surface area contributed by atoms with Gasteiger partial charge in [-0.05, 0) is 25.1 Å². The minimum absolute atomic E-state index is 0.0887. The van der Waals surface area contributed by atoms with Gasteiger partial charge in [-0.25, -0.2) is 4.39 Å². The maximum Gasteiger partial charge on any atom is 0.214 e. The number of pyridine rings is 1. The molecule has 1 atom stereocenters. The summed E-state index contributed by atoms with van der Waals surface area (Å²) in [6.45, 7) is 2.22. The van der Waals surface area contributed by atoms with E-state index >= 15 is 0 Å². The van der Waals surface area contributed by atoms with Gasteiger partial charge in [0.2, 0.25) is 5.78 Å². The molecule has 29 heavy (non-hydrogen) atoms. The number of anilines is 1. The van der Waals surface area contributed by atoms with Crippen molar-refractivity contribution in [2.24, 2.45) is 5.16 Å².